The molecule has 0 aliphatic heterocycles. The van der Waals surface area contributed by atoms with Gasteiger partial charge in [0, 0.05) is 5.57 Å². The molecule has 0 saturated carbocycles. The zero-order chi connectivity index (χ0) is 19.5. The van der Waals surface area contributed by atoms with Crippen molar-refractivity contribution in [1.29, 1.82) is 0 Å². The predicted molar refractivity (Wildman–Crippen MR) is 108 cm³/mol. The first kappa shape index (κ1) is 20.6. The monoisotopic (exact) mass is 368 g/mol. The minimum Gasteiger partial charge on any atom is -0.497 e. The molecule has 4 nitrogen and oxygen atoms in total. The van der Waals surface area contributed by atoms with Crippen molar-refractivity contribution in [2.75, 3.05) is 20.3 Å². The summed E-state index contributed by atoms with van der Waals surface area (Å²) in [6, 6.07) is 16.1. The van der Waals surface area contributed by atoms with Crippen LogP contribution in [-0.4, -0.2) is 26.3 Å². The van der Waals surface area contributed by atoms with Gasteiger partial charge < -0.3 is 14.2 Å². The Hall–Kier alpha value is -2.75. The number of rotatable bonds is 11. The molecule has 0 radical (unpaired) electrons. The maximum atomic E-state index is 11.2. The summed E-state index contributed by atoms with van der Waals surface area (Å²) in [5.41, 5.74) is 2.74. The van der Waals surface area contributed by atoms with Crippen molar-refractivity contribution in [3.05, 3.63) is 60.7 Å². The number of unbranched alkanes of at least 4 members (excludes halogenated alkanes) is 3. The van der Waals surface area contributed by atoms with Crippen LogP contribution in [0, 0.1) is 0 Å². The molecule has 2 aromatic carbocycles. The van der Waals surface area contributed by atoms with Crippen LogP contribution in [0.25, 0.3) is 11.1 Å². The summed E-state index contributed by atoms with van der Waals surface area (Å²) in [7, 11) is 1.67. The van der Waals surface area contributed by atoms with Gasteiger partial charge in [-0.15, -0.1) is 0 Å². The SMILES string of the molecule is C=C(C)C(=O)OCCCCCCOc1ccc(-c2ccc(OC)cc2)cc1. The van der Waals surface area contributed by atoms with Gasteiger partial charge >= 0.3 is 5.97 Å². The molecule has 0 bridgehead atoms. The highest BCUT2D eigenvalue weighted by molar-refractivity contribution is 5.86. The highest BCUT2D eigenvalue weighted by Crippen LogP contribution is 2.24. The van der Waals surface area contributed by atoms with Crippen molar-refractivity contribution in [3.63, 3.8) is 0 Å². The molecule has 4 heteroatoms. The lowest BCUT2D eigenvalue weighted by Crippen LogP contribution is -2.06. The van der Waals surface area contributed by atoms with Crippen LogP contribution in [0.15, 0.2) is 60.7 Å². The Bertz CT molecular complexity index is 717. The number of esters is 1. The number of benzene rings is 2. The van der Waals surface area contributed by atoms with Crippen molar-refractivity contribution in [2.24, 2.45) is 0 Å². The fourth-order valence-electron chi connectivity index (χ4n) is 2.56. The molecule has 2 aromatic rings. The second-order valence-corrected chi connectivity index (χ2v) is 6.43. The Kier molecular flexibility index (Phi) is 8.43. The fourth-order valence-corrected chi connectivity index (χ4v) is 2.56. The molecule has 144 valence electrons. The van der Waals surface area contributed by atoms with E-state index in [4.69, 9.17) is 14.2 Å². The lowest BCUT2D eigenvalue weighted by Gasteiger charge is -2.08. The van der Waals surface area contributed by atoms with E-state index in [2.05, 4.69) is 18.7 Å². The molecule has 0 unspecified atom stereocenters. The van der Waals surface area contributed by atoms with Gasteiger partial charge in [0.1, 0.15) is 11.5 Å². The molecule has 0 saturated heterocycles. The molecule has 0 atom stereocenters. The van der Waals surface area contributed by atoms with Crippen molar-refractivity contribution >= 4 is 5.97 Å². The maximum absolute atomic E-state index is 11.2. The first-order valence-electron chi connectivity index (χ1n) is 9.30. The van der Waals surface area contributed by atoms with Gasteiger partial charge in [-0.25, -0.2) is 4.79 Å². The van der Waals surface area contributed by atoms with Crippen LogP contribution >= 0.6 is 0 Å². The molecular formula is C23H28O4. The zero-order valence-corrected chi connectivity index (χ0v) is 16.2. The van der Waals surface area contributed by atoms with Gasteiger partial charge in [-0.1, -0.05) is 30.8 Å². The van der Waals surface area contributed by atoms with Crippen molar-refractivity contribution in [1.82, 2.24) is 0 Å². The van der Waals surface area contributed by atoms with Crippen LogP contribution in [-0.2, 0) is 9.53 Å². The number of methoxy groups -OCH3 is 1. The Morgan fingerprint density at radius 2 is 1.33 bits per heavy atom. The Labute approximate surface area is 161 Å². The highest BCUT2D eigenvalue weighted by atomic mass is 16.5. The van der Waals surface area contributed by atoms with E-state index in [9.17, 15) is 4.79 Å². The number of carbonyl (C=O) groups excluding carboxylic acids is 1. The number of carbonyl (C=O) groups is 1. The third kappa shape index (κ3) is 7.18. The van der Waals surface area contributed by atoms with Crippen LogP contribution in [0.3, 0.4) is 0 Å². The van der Waals surface area contributed by atoms with Gasteiger partial charge in [-0.05, 0) is 68.0 Å². The van der Waals surface area contributed by atoms with E-state index in [1.165, 1.54) is 0 Å². The smallest absolute Gasteiger partial charge is 0.333 e. The van der Waals surface area contributed by atoms with Crippen molar-refractivity contribution < 1.29 is 19.0 Å². The summed E-state index contributed by atoms with van der Waals surface area (Å²) in [6.07, 6.45) is 3.92. The van der Waals surface area contributed by atoms with E-state index in [1.807, 2.05) is 36.4 Å². The highest BCUT2D eigenvalue weighted by Gasteiger charge is 2.02. The minimum absolute atomic E-state index is 0.309. The normalized spacial score (nSPS) is 10.3. The average Bonchev–Trinajstić information content (AvgIpc) is 2.70. The third-order valence-electron chi connectivity index (χ3n) is 4.17. The zero-order valence-electron chi connectivity index (χ0n) is 16.2. The Morgan fingerprint density at radius 1 is 0.815 bits per heavy atom. The molecule has 0 N–H and O–H groups in total. The number of hydrogen-bond acceptors (Lipinski definition) is 4. The van der Waals surface area contributed by atoms with Crippen LogP contribution in [0.5, 0.6) is 11.5 Å². The van der Waals surface area contributed by atoms with Crippen LogP contribution in [0.1, 0.15) is 32.6 Å². The van der Waals surface area contributed by atoms with Gasteiger partial charge in [0.15, 0.2) is 0 Å². The van der Waals surface area contributed by atoms with Crippen LogP contribution in [0.4, 0.5) is 0 Å². The quantitative estimate of drug-likeness (QED) is 0.302. The van der Waals surface area contributed by atoms with Gasteiger partial charge in [0.25, 0.3) is 0 Å². The van der Waals surface area contributed by atoms with Crippen molar-refractivity contribution in [2.45, 2.75) is 32.6 Å². The second-order valence-electron chi connectivity index (χ2n) is 6.43. The third-order valence-corrected chi connectivity index (χ3v) is 4.17. The molecular weight excluding hydrogens is 340 g/mol. The van der Waals surface area contributed by atoms with Crippen LogP contribution < -0.4 is 9.47 Å². The molecule has 2 rings (SSSR count). The summed E-state index contributed by atoms with van der Waals surface area (Å²) in [5, 5.41) is 0. The lowest BCUT2D eigenvalue weighted by molar-refractivity contribution is -0.139. The van der Waals surface area contributed by atoms with E-state index in [0.29, 0.717) is 18.8 Å². The Balaban J connectivity index is 1.62. The van der Waals surface area contributed by atoms with Crippen molar-refractivity contribution in [3.8, 4) is 22.6 Å². The van der Waals surface area contributed by atoms with Crippen LogP contribution in [0.2, 0.25) is 0 Å². The largest absolute Gasteiger partial charge is 0.497 e. The average molecular weight is 368 g/mol. The summed E-state index contributed by atoms with van der Waals surface area (Å²) >= 11 is 0. The fraction of sp³-hybridized carbons (Fsp3) is 0.348. The molecule has 0 spiro atoms. The second kappa shape index (κ2) is 11.1. The van der Waals surface area contributed by atoms with E-state index in [0.717, 1.165) is 48.3 Å². The minimum atomic E-state index is -0.309. The first-order chi connectivity index (χ1) is 13.1. The molecule has 0 amide bonds. The van der Waals surface area contributed by atoms with Gasteiger partial charge in [0.05, 0.1) is 20.3 Å². The molecule has 0 fully saturated rings. The molecule has 0 heterocycles. The van der Waals surface area contributed by atoms with E-state index >= 15 is 0 Å². The topological polar surface area (TPSA) is 44.8 Å². The summed E-state index contributed by atoms with van der Waals surface area (Å²) in [4.78, 5) is 11.2. The van der Waals surface area contributed by atoms with Gasteiger partial charge in [-0.2, -0.15) is 0 Å². The summed E-state index contributed by atoms with van der Waals surface area (Å²) < 4.78 is 16.0. The van der Waals surface area contributed by atoms with E-state index in [-0.39, 0.29) is 5.97 Å². The van der Waals surface area contributed by atoms with E-state index < -0.39 is 0 Å². The van der Waals surface area contributed by atoms with Gasteiger partial charge in [-0.3, -0.25) is 0 Å². The molecule has 0 aliphatic carbocycles. The summed E-state index contributed by atoms with van der Waals surface area (Å²) in [5.74, 6) is 1.42. The molecule has 27 heavy (non-hydrogen) atoms. The number of ether oxygens (including phenoxy) is 3. The summed E-state index contributed by atoms with van der Waals surface area (Å²) in [6.45, 7) is 6.36. The van der Waals surface area contributed by atoms with Gasteiger partial charge in [0.2, 0.25) is 0 Å². The number of hydrogen-bond donors (Lipinski definition) is 0. The first-order valence-corrected chi connectivity index (χ1v) is 9.30. The molecule has 0 aliphatic rings. The standard InChI is InChI=1S/C23H28O4/c1-18(2)23(24)27-17-7-5-4-6-16-26-22-14-10-20(11-15-22)19-8-12-21(25-3)13-9-19/h8-15H,1,4-7,16-17H2,2-3H3. The lowest BCUT2D eigenvalue weighted by atomic mass is 10.1. The molecule has 0 aromatic heterocycles. The predicted octanol–water partition coefficient (Wildman–Crippen LogP) is 5.42. The maximum Gasteiger partial charge on any atom is 0.333 e. The van der Waals surface area contributed by atoms with E-state index in [1.54, 1.807) is 14.0 Å². The Morgan fingerprint density at radius 3 is 1.85 bits per heavy atom.